The molecule has 0 radical (unpaired) electrons. The summed E-state index contributed by atoms with van der Waals surface area (Å²) in [6.45, 7) is 5.34. The fourth-order valence-electron chi connectivity index (χ4n) is 1.29. The second kappa shape index (κ2) is 5.66. The Labute approximate surface area is 101 Å². The van der Waals surface area contributed by atoms with Crippen LogP contribution in [0.3, 0.4) is 0 Å². The highest BCUT2D eigenvalue weighted by Gasteiger charge is 2.12. The third kappa shape index (κ3) is 4.85. The van der Waals surface area contributed by atoms with Crippen molar-refractivity contribution in [2.24, 2.45) is 0 Å². The number of hydrogen-bond acceptors (Lipinski definition) is 2. The summed E-state index contributed by atoms with van der Waals surface area (Å²) in [6, 6.07) is 6.79. The Morgan fingerprint density at radius 2 is 1.88 bits per heavy atom. The lowest BCUT2D eigenvalue weighted by Gasteiger charge is -2.21. The van der Waals surface area contributed by atoms with Crippen LogP contribution in [0.2, 0.25) is 0 Å². The van der Waals surface area contributed by atoms with Crippen LogP contribution in [0.4, 0.5) is 4.39 Å². The van der Waals surface area contributed by atoms with Gasteiger partial charge < -0.3 is 10.1 Å². The fraction of sp³-hybridized carbons (Fsp3) is 0.462. The molecule has 0 heterocycles. The summed E-state index contributed by atoms with van der Waals surface area (Å²) >= 11 is 0. The highest BCUT2D eigenvalue weighted by molar-refractivity contribution is 5.94. The molecule has 0 saturated carbocycles. The Balaban J connectivity index is 2.64. The van der Waals surface area contributed by atoms with Crippen molar-refractivity contribution < 1.29 is 13.9 Å². The largest absolute Gasteiger partial charge is 0.488 e. The molecule has 1 N–H and O–H groups in total. The minimum atomic E-state index is -0.559. The maximum atomic E-state index is 11.9. The summed E-state index contributed by atoms with van der Waals surface area (Å²) < 4.78 is 17.5. The molecular formula is C13H18FNO2. The van der Waals surface area contributed by atoms with Gasteiger partial charge in [0.15, 0.2) is 0 Å². The zero-order valence-corrected chi connectivity index (χ0v) is 10.4. The van der Waals surface area contributed by atoms with Crippen molar-refractivity contribution in [3.05, 3.63) is 29.8 Å². The molecular weight excluding hydrogens is 221 g/mol. The predicted octanol–water partition coefficient (Wildman–Crippen LogP) is 2.56. The zero-order valence-electron chi connectivity index (χ0n) is 10.4. The van der Waals surface area contributed by atoms with Gasteiger partial charge in [0.1, 0.15) is 18.0 Å². The normalized spacial score (nSPS) is 11.1. The first-order valence-corrected chi connectivity index (χ1v) is 5.55. The molecule has 3 nitrogen and oxygen atoms in total. The lowest BCUT2D eigenvalue weighted by atomic mass is 10.1. The third-order valence-electron chi connectivity index (χ3n) is 1.92. The van der Waals surface area contributed by atoms with Crippen LogP contribution < -0.4 is 10.1 Å². The highest BCUT2D eigenvalue weighted by atomic mass is 19.1. The van der Waals surface area contributed by atoms with Crippen molar-refractivity contribution >= 4 is 5.91 Å². The van der Waals surface area contributed by atoms with E-state index in [0.717, 1.165) is 0 Å². The summed E-state index contributed by atoms with van der Waals surface area (Å²) in [7, 11) is 0. The van der Waals surface area contributed by atoms with E-state index in [-0.39, 0.29) is 18.1 Å². The molecule has 0 aliphatic carbocycles. The average molecular weight is 239 g/mol. The Bertz CT molecular complexity index is 368. The standard InChI is InChI=1S/C13H18FNO2/c1-13(2,3)17-11-6-4-10(5-7-11)12(16)15-9-8-14/h4-7H,8-9H2,1-3H3,(H,15,16). The topological polar surface area (TPSA) is 38.3 Å². The molecule has 0 bridgehead atoms. The summed E-state index contributed by atoms with van der Waals surface area (Å²) in [6.07, 6.45) is 0. The Hall–Kier alpha value is -1.58. The summed E-state index contributed by atoms with van der Waals surface area (Å²) in [5.74, 6) is 0.435. The Morgan fingerprint density at radius 3 is 2.35 bits per heavy atom. The van der Waals surface area contributed by atoms with Crippen molar-refractivity contribution in [3.63, 3.8) is 0 Å². The van der Waals surface area contributed by atoms with E-state index in [1.807, 2.05) is 20.8 Å². The van der Waals surface area contributed by atoms with Gasteiger partial charge in [-0.1, -0.05) is 0 Å². The van der Waals surface area contributed by atoms with Gasteiger partial charge in [-0.05, 0) is 45.0 Å². The monoisotopic (exact) mass is 239 g/mol. The lowest BCUT2D eigenvalue weighted by molar-refractivity contribution is 0.0950. The van der Waals surface area contributed by atoms with Gasteiger partial charge in [0.25, 0.3) is 5.91 Å². The molecule has 94 valence electrons. The Morgan fingerprint density at radius 1 is 1.29 bits per heavy atom. The second-order valence-corrected chi connectivity index (χ2v) is 4.68. The number of carbonyl (C=O) groups is 1. The van der Waals surface area contributed by atoms with Crippen LogP contribution in [-0.4, -0.2) is 24.7 Å². The first-order chi connectivity index (χ1) is 7.92. The second-order valence-electron chi connectivity index (χ2n) is 4.68. The van der Waals surface area contributed by atoms with E-state index < -0.39 is 6.67 Å². The quantitative estimate of drug-likeness (QED) is 0.877. The maximum absolute atomic E-state index is 11.9. The number of carbonyl (C=O) groups excluding carboxylic acids is 1. The number of halogens is 1. The van der Waals surface area contributed by atoms with Crippen molar-refractivity contribution in [1.82, 2.24) is 5.32 Å². The van der Waals surface area contributed by atoms with Gasteiger partial charge in [-0.25, -0.2) is 4.39 Å². The van der Waals surface area contributed by atoms with Crippen LogP contribution in [-0.2, 0) is 0 Å². The number of rotatable bonds is 4. The van der Waals surface area contributed by atoms with Gasteiger partial charge in [-0.15, -0.1) is 0 Å². The highest BCUT2D eigenvalue weighted by Crippen LogP contribution is 2.18. The van der Waals surface area contributed by atoms with Crippen LogP contribution in [0, 0.1) is 0 Å². The molecule has 17 heavy (non-hydrogen) atoms. The van der Waals surface area contributed by atoms with E-state index in [9.17, 15) is 9.18 Å². The van der Waals surface area contributed by atoms with Gasteiger partial charge in [0, 0.05) is 12.1 Å². The molecule has 0 atom stereocenters. The van der Waals surface area contributed by atoms with E-state index in [2.05, 4.69) is 5.32 Å². The fourth-order valence-corrected chi connectivity index (χ4v) is 1.29. The molecule has 1 rings (SSSR count). The number of benzene rings is 1. The molecule has 0 aliphatic rings. The van der Waals surface area contributed by atoms with Gasteiger partial charge >= 0.3 is 0 Å². The smallest absolute Gasteiger partial charge is 0.251 e. The molecule has 0 aromatic heterocycles. The van der Waals surface area contributed by atoms with Crippen molar-refractivity contribution in [1.29, 1.82) is 0 Å². The summed E-state index contributed by atoms with van der Waals surface area (Å²) in [4.78, 5) is 11.5. The van der Waals surface area contributed by atoms with Crippen molar-refractivity contribution in [2.45, 2.75) is 26.4 Å². The van der Waals surface area contributed by atoms with E-state index in [1.165, 1.54) is 0 Å². The lowest BCUT2D eigenvalue weighted by Crippen LogP contribution is -2.25. The van der Waals surface area contributed by atoms with Crippen molar-refractivity contribution in [2.75, 3.05) is 13.2 Å². The first-order valence-electron chi connectivity index (χ1n) is 5.55. The van der Waals surface area contributed by atoms with Crippen LogP contribution >= 0.6 is 0 Å². The maximum Gasteiger partial charge on any atom is 0.251 e. The molecule has 1 aromatic rings. The van der Waals surface area contributed by atoms with E-state index in [1.54, 1.807) is 24.3 Å². The Kier molecular flexibility index (Phi) is 4.49. The van der Waals surface area contributed by atoms with E-state index in [4.69, 9.17) is 4.74 Å². The number of amides is 1. The SMILES string of the molecule is CC(C)(C)Oc1ccc(C(=O)NCCF)cc1. The van der Waals surface area contributed by atoms with Crippen LogP contribution in [0.15, 0.2) is 24.3 Å². The van der Waals surface area contributed by atoms with Crippen LogP contribution in [0.5, 0.6) is 5.75 Å². The van der Waals surface area contributed by atoms with E-state index >= 15 is 0 Å². The molecule has 0 aliphatic heterocycles. The number of alkyl halides is 1. The number of nitrogens with one attached hydrogen (secondary N) is 1. The summed E-state index contributed by atoms with van der Waals surface area (Å²) in [5, 5.41) is 2.46. The van der Waals surface area contributed by atoms with Crippen molar-refractivity contribution in [3.8, 4) is 5.75 Å². The van der Waals surface area contributed by atoms with Gasteiger partial charge in [-0.2, -0.15) is 0 Å². The van der Waals surface area contributed by atoms with Gasteiger partial charge in [0.05, 0.1) is 0 Å². The minimum absolute atomic E-state index is 0.0407. The zero-order chi connectivity index (χ0) is 12.9. The summed E-state index contributed by atoms with van der Waals surface area (Å²) in [5.41, 5.74) is 0.234. The van der Waals surface area contributed by atoms with Gasteiger partial charge in [0.2, 0.25) is 0 Å². The number of ether oxygens (including phenoxy) is 1. The molecule has 0 unspecified atom stereocenters. The molecule has 1 amide bonds. The first kappa shape index (κ1) is 13.5. The molecule has 0 saturated heterocycles. The average Bonchev–Trinajstić information content (AvgIpc) is 2.24. The predicted molar refractivity (Wildman–Crippen MR) is 65.1 cm³/mol. The molecule has 1 aromatic carbocycles. The molecule has 4 heteroatoms. The van der Waals surface area contributed by atoms with E-state index in [0.29, 0.717) is 11.3 Å². The van der Waals surface area contributed by atoms with Crippen LogP contribution in [0.1, 0.15) is 31.1 Å². The van der Waals surface area contributed by atoms with Gasteiger partial charge in [-0.3, -0.25) is 4.79 Å². The van der Waals surface area contributed by atoms with Crippen LogP contribution in [0.25, 0.3) is 0 Å². The number of hydrogen-bond donors (Lipinski definition) is 1. The minimum Gasteiger partial charge on any atom is -0.488 e. The third-order valence-corrected chi connectivity index (χ3v) is 1.92. The molecule has 0 spiro atoms. The molecule has 0 fully saturated rings.